The molecule has 1 rings (SSSR count). The van der Waals surface area contributed by atoms with Crippen LogP contribution >= 0.6 is 0 Å². The molecule has 0 fully saturated rings. The Morgan fingerprint density at radius 1 is 1.27 bits per heavy atom. The van der Waals surface area contributed by atoms with Crippen LogP contribution in [0.15, 0.2) is 29.8 Å². The fourth-order valence-corrected chi connectivity index (χ4v) is 1.55. The Balaban J connectivity index is 3.27. The van der Waals surface area contributed by atoms with Gasteiger partial charge in [0.1, 0.15) is 0 Å². The first-order valence-corrected chi connectivity index (χ1v) is 5.05. The molecule has 15 heavy (non-hydrogen) atoms. The second-order valence-electron chi connectivity index (χ2n) is 3.55. The highest BCUT2D eigenvalue weighted by atomic mass is 16.4. The van der Waals surface area contributed by atoms with Crippen LogP contribution in [0.2, 0.25) is 0 Å². The summed E-state index contributed by atoms with van der Waals surface area (Å²) in [4.78, 5) is 10.7. The fraction of sp³-hybridized carbons (Fsp3) is 0.308. The molecular formula is C13H15O2-. The predicted octanol–water partition coefficient (Wildman–Crippen LogP) is 1.79. The van der Waals surface area contributed by atoms with Gasteiger partial charge in [0, 0.05) is 0 Å². The Kier molecular flexibility index (Phi) is 3.67. The summed E-state index contributed by atoms with van der Waals surface area (Å²) in [7, 11) is 0. The van der Waals surface area contributed by atoms with Gasteiger partial charge in [-0.25, -0.2) is 0 Å². The first-order chi connectivity index (χ1) is 7.07. The van der Waals surface area contributed by atoms with Crippen LogP contribution in [0, 0.1) is 0 Å². The van der Waals surface area contributed by atoms with E-state index in [1.165, 1.54) is 0 Å². The van der Waals surface area contributed by atoms with Crippen molar-refractivity contribution in [3.05, 3.63) is 41.0 Å². The number of aliphatic carboxylic acids is 1. The van der Waals surface area contributed by atoms with Gasteiger partial charge < -0.3 is 9.90 Å². The number of hydrogen-bond acceptors (Lipinski definition) is 2. The number of hydrogen-bond donors (Lipinski definition) is 0. The lowest BCUT2D eigenvalue weighted by atomic mass is 9.96. The molecule has 0 radical (unpaired) electrons. The van der Waals surface area contributed by atoms with Gasteiger partial charge in [-0.15, -0.1) is 0 Å². The van der Waals surface area contributed by atoms with E-state index < -0.39 is 5.97 Å². The number of allylic oxidation sites excluding steroid dienone is 1. The summed E-state index contributed by atoms with van der Waals surface area (Å²) in [6.07, 6.45) is 0.897. The molecule has 0 heterocycles. The van der Waals surface area contributed by atoms with E-state index in [4.69, 9.17) is 0 Å². The van der Waals surface area contributed by atoms with Gasteiger partial charge >= 0.3 is 0 Å². The van der Waals surface area contributed by atoms with E-state index >= 15 is 0 Å². The first-order valence-electron chi connectivity index (χ1n) is 5.05. The third-order valence-corrected chi connectivity index (χ3v) is 2.67. The van der Waals surface area contributed by atoms with Crippen molar-refractivity contribution in [1.29, 1.82) is 0 Å². The maximum atomic E-state index is 10.7. The molecule has 0 aliphatic rings. The minimum Gasteiger partial charge on any atom is -0.545 e. The quantitative estimate of drug-likeness (QED) is 0.703. The predicted molar refractivity (Wildman–Crippen MR) is 59.1 cm³/mol. The van der Waals surface area contributed by atoms with Crippen molar-refractivity contribution in [2.75, 3.05) is 0 Å². The average molecular weight is 203 g/mol. The zero-order valence-corrected chi connectivity index (χ0v) is 9.33. The third-order valence-electron chi connectivity index (χ3n) is 2.67. The Labute approximate surface area is 90.3 Å². The second kappa shape index (κ2) is 4.78. The lowest BCUT2D eigenvalue weighted by molar-refractivity contribution is -0.299. The van der Waals surface area contributed by atoms with Crippen LogP contribution in [0.5, 0.6) is 0 Å². The highest BCUT2D eigenvalue weighted by molar-refractivity contribution is 5.94. The van der Waals surface area contributed by atoms with E-state index in [0.717, 1.165) is 23.1 Å². The highest BCUT2D eigenvalue weighted by Gasteiger charge is 2.05. The molecule has 0 unspecified atom stereocenters. The molecule has 80 valence electrons. The van der Waals surface area contributed by atoms with E-state index in [1.54, 1.807) is 6.92 Å². The maximum Gasteiger partial charge on any atom is 0.0674 e. The fourth-order valence-electron chi connectivity index (χ4n) is 1.55. The van der Waals surface area contributed by atoms with E-state index in [-0.39, 0.29) is 0 Å². The van der Waals surface area contributed by atoms with Crippen molar-refractivity contribution < 1.29 is 9.90 Å². The molecule has 1 aromatic carbocycles. The SMILES string of the molecule is CCc1ccccc1/C(C)=C(\C)C(=O)[O-]. The van der Waals surface area contributed by atoms with Gasteiger partial charge in [0.05, 0.1) is 5.97 Å². The lowest BCUT2D eigenvalue weighted by Gasteiger charge is -2.12. The number of benzene rings is 1. The summed E-state index contributed by atoms with van der Waals surface area (Å²) in [6.45, 7) is 5.46. The Morgan fingerprint density at radius 2 is 1.87 bits per heavy atom. The Bertz CT molecular complexity index is 403. The molecule has 0 saturated heterocycles. The molecule has 0 spiro atoms. The summed E-state index contributed by atoms with van der Waals surface area (Å²) < 4.78 is 0. The third kappa shape index (κ3) is 2.46. The summed E-state index contributed by atoms with van der Waals surface area (Å²) in [5, 5.41) is 10.7. The summed E-state index contributed by atoms with van der Waals surface area (Å²) in [5.41, 5.74) is 3.25. The molecule has 0 bridgehead atoms. The molecule has 0 aliphatic carbocycles. The van der Waals surface area contributed by atoms with Crippen LogP contribution in [0.4, 0.5) is 0 Å². The lowest BCUT2D eigenvalue weighted by Crippen LogP contribution is -2.23. The van der Waals surface area contributed by atoms with Crippen LogP contribution in [0.3, 0.4) is 0 Å². The van der Waals surface area contributed by atoms with Crippen LogP contribution in [-0.4, -0.2) is 5.97 Å². The van der Waals surface area contributed by atoms with Crippen LogP contribution in [0.1, 0.15) is 31.9 Å². The van der Waals surface area contributed by atoms with Crippen molar-refractivity contribution in [2.24, 2.45) is 0 Å². The van der Waals surface area contributed by atoms with Gasteiger partial charge in [0.15, 0.2) is 0 Å². The summed E-state index contributed by atoms with van der Waals surface area (Å²) >= 11 is 0. The number of carboxylic acids is 1. The smallest absolute Gasteiger partial charge is 0.0674 e. The zero-order chi connectivity index (χ0) is 11.4. The molecular weight excluding hydrogens is 188 g/mol. The van der Waals surface area contributed by atoms with Gasteiger partial charge in [-0.05, 0) is 42.5 Å². The largest absolute Gasteiger partial charge is 0.545 e. The maximum absolute atomic E-state index is 10.7. The first kappa shape index (κ1) is 11.5. The van der Waals surface area contributed by atoms with Crippen molar-refractivity contribution in [2.45, 2.75) is 27.2 Å². The van der Waals surface area contributed by atoms with Crippen molar-refractivity contribution in [3.63, 3.8) is 0 Å². The van der Waals surface area contributed by atoms with Crippen molar-refractivity contribution in [1.82, 2.24) is 0 Å². The normalized spacial score (nSPS) is 12.2. The number of carbonyl (C=O) groups excluding carboxylic acids is 1. The van der Waals surface area contributed by atoms with Crippen LogP contribution < -0.4 is 5.11 Å². The summed E-state index contributed by atoms with van der Waals surface area (Å²) in [5.74, 6) is -1.10. The van der Waals surface area contributed by atoms with E-state index in [2.05, 4.69) is 6.92 Å². The Morgan fingerprint density at radius 3 is 2.40 bits per heavy atom. The molecule has 1 aromatic rings. The number of carboxylic acid groups (broad SMARTS) is 1. The summed E-state index contributed by atoms with van der Waals surface area (Å²) in [6, 6.07) is 7.84. The monoisotopic (exact) mass is 203 g/mol. The van der Waals surface area contributed by atoms with E-state index in [9.17, 15) is 9.90 Å². The van der Waals surface area contributed by atoms with Crippen LogP contribution in [-0.2, 0) is 11.2 Å². The van der Waals surface area contributed by atoms with Gasteiger partial charge in [-0.3, -0.25) is 0 Å². The topological polar surface area (TPSA) is 40.1 Å². The van der Waals surface area contributed by atoms with Crippen molar-refractivity contribution in [3.8, 4) is 0 Å². The second-order valence-corrected chi connectivity index (χ2v) is 3.55. The van der Waals surface area contributed by atoms with Gasteiger partial charge in [0.25, 0.3) is 0 Å². The van der Waals surface area contributed by atoms with E-state index in [0.29, 0.717) is 5.57 Å². The standard InChI is InChI=1S/C13H16O2/c1-4-11-7-5-6-8-12(11)9(2)10(3)13(14)15/h5-8H,4H2,1-3H3,(H,14,15)/p-1/b10-9+. The molecule has 0 atom stereocenters. The molecule has 0 N–H and O–H groups in total. The van der Waals surface area contributed by atoms with Gasteiger partial charge in [0.2, 0.25) is 0 Å². The average Bonchev–Trinajstić information content (AvgIpc) is 2.26. The van der Waals surface area contributed by atoms with Gasteiger partial charge in [-0.2, -0.15) is 0 Å². The number of rotatable bonds is 3. The Hall–Kier alpha value is -1.57. The molecule has 2 heteroatoms. The minimum atomic E-state index is -1.10. The highest BCUT2D eigenvalue weighted by Crippen LogP contribution is 2.22. The number of carbonyl (C=O) groups is 1. The van der Waals surface area contributed by atoms with Crippen molar-refractivity contribution >= 4 is 11.5 Å². The van der Waals surface area contributed by atoms with Gasteiger partial charge in [-0.1, -0.05) is 31.2 Å². The van der Waals surface area contributed by atoms with E-state index in [1.807, 2.05) is 31.2 Å². The van der Waals surface area contributed by atoms with Crippen LogP contribution in [0.25, 0.3) is 5.57 Å². The molecule has 0 aliphatic heterocycles. The zero-order valence-electron chi connectivity index (χ0n) is 9.33. The molecule has 2 nitrogen and oxygen atoms in total. The molecule has 0 amide bonds. The molecule has 0 saturated carbocycles. The number of aryl methyl sites for hydroxylation is 1. The minimum absolute atomic E-state index is 0.302. The molecule has 0 aromatic heterocycles.